The molecule has 24 heavy (non-hydrogen) atoms. The number of nitrogens with one attached hydrogen (secondary N) is 2. The molecule has 3 aliphatic heterocycles. The number of piperidine rings is 1. The van der Waals surface area contributed by atoms with Crippen molar-refractivity contribution in [2.24, 2.45) is 11.8 Å². The van der Waals surface area contributed by atoms with Crippen LogP contribution in [0.5, 0.6) is 11.5 Å². The Morgan fingerprint density at radius 3 is 3.00 bits per heavy atom. The minimum absolute atomic E-state index is 0.321. The Balaban J connectivity index is 1.45. The van der Waals surface area contributed by atoms with E-state index in [4.69, 9.17) is 9.47 Å². The predicted octanol–water partition coefficient (Wildman–Crippen LogP) is 2.47. The Kier molecular flexibility index (Phi) is 4.48. The van der Waals surface area contributed by atoms with Gasteiger partial charge in [0.25, 0.3) is 0 Å². The molecule has 5 nitrogen and oxygen atoms in total. The summed E-state index contributed by atoms with van der Waals surface area (Å²) in [5.74, 6) is 2.92. The number of fused-ring (bicyclic) bond motifs is 2. The van der Waals surface area contributed by atoms with E-state index in [1.165, 1.54) is 12.0 Å². The van der Waals surface area contributed by atoms with Gasteiger partial charge in [-0.1, -0.05) is 32.1 Å². The van der Waals surface area contributed by atoms with E-state index < -0.39 is 0 Å². The van der Waals surface area contributed by atoms with Gasteiger partial charge in [0, 0.05) is 31.6 Å². The minimum atomic E-state index is 0.321. The maximum atomic E-state index is 5.54. The number of nitrogens with zero attached hydrogens (tertiary/aromatic N) is 1. The monoisotopic (exact) mass is 329 g/mol. The van der Waals surface area contributed by atoms with E-state index in [9.17, 15) is 0 Å². The smallest absolute Gasteiger partial charge is 0.231 e. The minimum Gasteiger partial charge on any atom is -0.454 e. The van der Waals surface area contributed by atoms with Crippen LogP contribution >= 0.6 is 0 Å². The van der Waals surface area contributed by atoms with Crippen molar-refractivity contribution >= 4 is 0 Å². The highest BCUT2D eigenvalue weighted by Gasteiger charge is 2.40. The number of hydrazine groups is 1. The van der Waals surface area contributed by atoms with Crippen molar-refractivity contribution in [3.05, 3.63) is 35.9 Å². The second kappa shape index (κ2) is 6.75. The maximum Gasteiger partial charge on any atom is 0.231 e. The highest BCUT2D eigenvalue weighted by atomic mass is 16.7. The van der Waals surface area contributed by atoms with Crippen LogP contribution in [0.15, 0.2) is 30.4 Å². The van der Waals surface area contributed by atoms with Gasteiger partial charge in [-0.05, 0) is 30.0 Å². The van der Waals surface area contributed by atoms with Gasteiger partial charge in [-0.25, -0.2) is 5.43 Å². The fraction of sp³-hybridized carbons (Fsp3) is 0.579. The van der Waals surface area contributed by atoms with Gasteiger partial charge in [0.1, 0.15) is 0 Å². The van der Waals surface area contributed by atoms with E-state index in [1.54, 1.807) is 0 Å². The molecule has 2 fully saturated rings. The van der Waals surface area contributed by atoms with Gasteiger partial charge in [0.15, 0.2) is 11.5 Å². The summed E-state index contributed by atoms with van der Waals surface area (Å²) in [5.41, 5.74) is 8.29. The lowest BCUT2D eigenvalue weighted by atomic mass is 9.85. The van der Waals surface area contributed by atoms with Crippen LogP contribution in [-0.2, 0) is 0 Å². The Morgan fingerprint density at radius 1 is 1.25 bits per heavy atom. The van der Waals surface area contributed by atoms with E-state index >= 15 is 0 Å². The third-order valence-corrected chi connectivity index (χ3v) is 5.23. The Hall–Kier alpha value is -1.56. The molecule has 2 saturated heterocycles. The van der Waals surface area contributed by atoms with Crippen molar-refractivity contribution < 1.29 is 9.47 Å². The molecule has 4 rings (SSSR count). The van der Waals surface area contributed by atoms with E-state index in [0.717, 1.165) is 31.1 Å². The van der Waals surface area contributed by atoms with Crippen LogP contribution in [0, 0.1) is 11.8 Å². The summed E-state index contributed by atoms with van der Waals surface area (Å²) in [7, 11) is 0. The Morgan fingerprint density at radius 2 is 2.12 bits per heavy atom. The molecular formula is C19H27N3O2. The Bertz CT molecular complexity index is 617. The molecule has 130 valence electrons. The first-order valence-corrected chi connectivity index (χ1v) is 9.00. The second-order valence-electron chi connectivity index (χ2n) is 7.37. The molecule has 0 radical (unpaired) electrons. The number of hydrogen-bond donors (Lipinski definition) is 2. The Labute approximate surface area is 144 Å². The highest BCUT2D eigenvalue weighted by molar-refractivity contribution is 5.45. The lowest BCUT2D eigenvalue weighted by Gasteiger charge is -2.35. The summed E-state index contributed by atoms with van der Waals surface area (Å²) in [5, 5.41) is 0. The standard InChI is InChI=1S/C19H27N3O2/c1-13(2)4-3-8-22-9-7-16-15(11-22)19(21-20-16)14-5-6-17-18(10-14)24-12-23-17/h3-6,10,13,15-16,19-21H,7-9,11-12H2,1-2H3/b4-3+. The van der Waals surface area contributed by atoms with Crippen molar-refractivity contribution in [3.63, 3.8) is 0 Å². The molecule has 3 atom stereocenters. The van der Waals surface area contributed by atoms with Crippen molar-refractivity contribution in [3.8, 4) is 11.5 Å². The van der Waals surface area contributed by atoms with Crippen LogP contribution in [0.4, 0.5) is 0 Å². The summed E-state index contributed by atoms with van der Waals surface area (Å²) in [4.78, 5) is 2.56. The molecule has 0 spiro atoms. The highest BCUT2D eigenvalue weighted by Crippen LogP contribution is 2.39. The van der Waals surface area contributed by atoms with Gasteiger partial charge in [0.05, 0.1) is 6.04 Å². The van der Waals surface area contributed by atoms with Crippen LogP contribution in [-0.4, -0.2) is 37.4 Å². The van der Waals surface area contributed by atoms with E-state index in [-0.39, 0.29) is 0 Å². The molecule has 3 aliphatic rings. The zero-order chi connectivity index (χ0) is 16.5. The summed E-state index contributed by atoms with van der Waals surface area (Å²) >= 11 is 0. The average molecular weight is 329 g/mol. The van der Waals surface area contributed by atoms with Crippen LogP contribution in [0.2, 0.25) is 0 Å². The van der Waals surface area contributed by atoms with Gasteiger partial charge in [0.2, 0.25) is 6.79 Å². The third-order valence-electron chi connectivity index (χ3n) is 5.23. The first kappa shape index (κ1) is 15.9. The molecule has 3 unspecified atom stereocenters. The quantitative estimate of drug-likeness (QED) is 0.831. The summed E-state index contributed by atoms with van der Waals surface area (Å²) < 4.78 is 11.0. The molecule has 5 heteroatoms. The largest absolute Gasteiger partial charge is 0.454 e. The molecule has 0 bridgehead atoms. The zero-order valence-corrected chi connectivity index (χ0v) is 14.5. The number of allylic oxidation sites excluding steroid dienone is 1. The second-order valence-corrected chi connectivity index (χ2v) is 7.37. The van der Waals surface area contributed by atoms with Gasteiger partial charge in [-0.2, -0.15) is 0 Å². The van der Waals surface area contributed by atoms with E-state index in [0.29, 0.717) is 30.7 Å². The number of ether oxygens (including phenoxy) is 2. The molecule has 0 saturated carbocycles. The number of likely N-dealkylation sites (tertiary alicyclic amines) is 1. The fourth-order valence-corrected chi connectivity index (χ4v) is 3.96. The third kappa shape index (κ3) is 3.16. The van der Waals surface area contributed by atoms with Gasteiger partial charge in [-0.15, -0.1) is 0 Å². The SMILES string of the molecule is CC(C)/C=C/CN1CCC2NNC(c3ccc4c(c3)OCO4)C2C1. The van der Waals surface area contributed by atoms with Crippen LogP contribution in [0.25, 0.3) is 0 Å². The molecule has 0 aliphatic carbocycles. The van der Waals surface area contributed by atoms with Crippen molar-refractivity contribution in [1.29, 1.82) is 0 Å². The average Bonchev–Trinajstić information content (AvgIpc) is 3.20. The van der Waals surface area contributed by atoms with Crippen molar-refractivity contribution in [2.45, 2.75) is 32.4 Å². The first-order valence-electron chi connectivity index (χ1n) is 9.00. The lowest BCUT2D eigenvalue weighted by molar-refractivity contribution is 0.168. The molecule has 3 heterocycles. The van der Waals surface area contributed by atoms with Crippen LogP contribution < -0.4 is 20.3 Å². The summed E-state index contributed by atoms with van der Waals surface area (Å²) in [6, 6.07) is 7.18. The predicted molar refractivity (Wildman–Crippen MR) is 93.9 cm³/mol. The van der Waals surface area contributed by atoms with E-state index in [1.807, 2.05) is 6.07 Å². The fourth-order valence-electron chi connectivity index (χ4n) is 3.96. The number of benzene rings is 1. The molecule has 0 aromatic heterocycles. The topological polar surface area (TPSA) is 45.8 Å². The zero-order valence-electron chi connectivity index (χ0n) is 14.5. The number of hydrogen-bond acceptors (Lipinski definition) is 5. The van der Waals surface area contributed by atoms with Gasteiger partial charge in [-0.3, -0.25) is 10.3 Å². The number of rotatable bonds is 4. The lowest BCUT2D eigenvalue weighted by Crippen LogP contribution is -2.45. The molecule has 1 aromatic rings. The molecule has 2 N–H and O–H groups in total. The first-order chi connectivity index (χ1) is 11.7. The summed E-state index contributed by atoms with van der Waals surface area (Å²) in [6.45, 7) is 8.11. The molecule has 1 aromatic carbocycles. The van der Waals surface area contributed by atoms with Gasteiger partial charge < -0.3 is 9.47 Å². The maximum absolute atomic E-state index is 5.54. The van der Waals surface area contributed by atoms with Crippen LogP contribution in [0.1, 0.15) is 31.9 Å². The molecular weight excluding hydrogens is 302 g/mol. The van der Waals surface area contributed by atoms with Crippen LogP contribution in [0.3, 0.4) is 0 Å². The normalized spacial score (nSPS) is 29.5. The van der Waals surface area contributed by atoms with E-state index in [2.05, 4.69) is 53.9 Å². The molecule has 0 amide bonds. The van der Waals surface area contributed by atoms with Crippen molar-refractivity contribution in [2.75, 3.05) is 26.4 Å². The van der Waals surface area contributed by atoms with Crippen molar-refractivity contribution in [1.82, 2.24) is 15.8 Å². The summed E-state index contributed by atoms with van der Waals surface area (Å²) in [6.07, 6.45) is 5.80. The van der Waals surface area contributed by atoms with Gasteiger partial charge >= 0.3 is 0 Å².